The second-order valence-corrected chi connectivity index (χ2v) is 8.90. The average Bonchev–Trinajstić information content (AvgIpc) is 2.70. The number of phenolic OH excluding ortho intramolecular Hbond substituents is 1. The molecule has 0 unspecified atom stereocenters. The molecule has 0 aromatic heterocycles. The molecule has 0 radical (unpaired) electrons. The summed E-state index contributed by atoms with van der Waals surface area (Å²) in [5.74, 6) is -1.04. The van der Waals surface area contributed by atoms with Crippen molar-refractivity contribution in [1.82, 2.24) is 10.6 Å². The molecule has 3 N–H and O–H groups in total. The zero-order chi connectivity index (χ0) is 24.1. The van der Waals surface area contributed by atoms with Gasteiger partial charge in [0.2, 0.25) is 0 Å². The van der Waals surface area contributed by atoms with E-state index in [9.17, 15) is 19.5 Å². The molecule has 2 aromatic rings. The van der Waals surface area contributed by atoms with E-state index < -0.39 is 35.2 Å². The number of hydrogen-bond donors (Lipinski definition) is 3. The maximum Gasteiger partial charge on any atom is 0.408 e. The number of amides is 2. The normalized spacial score (nSPS) is 12.4. The zero-order valence-corrected chi connectivity index (χ0v) is 19.2. The zero-order valence-electron chi connectivity index (χ0n) is 19.2. The van der Waals surface area contributed by atoms with Gasteiger partial charge in [-0.2, -0.15) is 0 Å². The number of ether oxygens (including phenoxy) is 2. The van der Waals surface area contributed by atoms with E-state index in [2.05, 4.69) is 10.6 Å². The fourth-order valence-electron chi connectivity index (χ4n) is 2.97. The predicted molar refractivity (Wildman–Crippen MR) is 120 cm³/mol. The Hall–Kier alpha value is -3.55. The molecular formula is C24H30N2O6. The van der Waals surface area contributed by atoms with Crippen molar-refractivity contribution in [2.75, 3.05) is 7.11 Å². The summed E-state index contributed by atoms with van der Waals surface area (Å²) in [6, 6.07) is 12.3. The number of methoxy groups -OCH3 is 1. The van der Waals surface area contributed by atoms with Gasteiger partial charge < -0.3 is 25.2 Å². The summed E-state index contributed by atoms with van der Waals surface area (Å²) in [6.45, 7) is 8.35. The number of carbonyl (C=O) groups is 3. The van der Waals surface area contributed by atoms with Crippen molar-refractivity contribution >= 4 is 18.0 Å². The summed E-state index contributed by atoms with van der Waals surface area (Å²) in [5, 5.41) is 14.7. The third-order valence-corrected chi connectivity index (χ3v) is 4.60. The van der Waals surface area contributed by atoms with E-state index in [4.69, 9.17) is 9.47 Å². The van der Waals surface area contributed by atoms with Gasteiger partial charge in [0.25, 0.3) is 5.91 Å². The highest BCUT2D eigenvalue weighted by Crippen LogP contribution is 2.22. The third-order valence-electron chi connectivity index (χ3n) is 4.60. The highest BCUT2D eigenvalue weighted by molar-refractivity contribution is 5.97. The predicted octanol–water partition coefficient (Wildman–Crippen LogP) is 3.63. The number of benzene rings is 2. The Morgan fingerprint density at radius 2 is 1.38 bits per heavy atom. The molecule has 8 heteroatoms. The Labute approximate surface area is 187 Å². The fraction of sp³-hybridized carbons (Fsp3) is 0.375. The van der Waals surface area contributed by atoms with Crippen molar-refractivity contribution in [2.24, 2.45) is 0 Å². The van der Waals surface area contributed by atoms with Crippen LogP contribution in [0.5, 0.6) is 5.75 Å². The van der Waals surface area contributed by atoms with Crippen molar-refractivity contribution in [3.05, 3.63) is 54.1 Å². The van der Waals surface area contributed by atoms with Crippen LogP contribution in [0.3, 0.4) is 0 Å². The Balaban J connectivity index is 2.17. The van der Waals surface area contributed by atoms with Crippen molar-refractivity contribution < 1.29 is 29.0 Å². The Bertz CT molecular complexity index is 959. The van der Waals surface area contributed by atoms with Crippen LogP contribution in [-0.2, 0) is 14.3 Å². The molecule has 2 aromatic carbocycles. The van der Waals surface area contributed by atoms with Gasteiger partial charge in [-0.05, 0) is 70.0 Å². The van der Waals surface area contributed by atoms with Gasteiger partial charge in [-0.1, -0.05) is 24.3 Å². The molecule has 172 valence electrons. The molecule has 0 bridgehead atoms. The molecule has 0 aliphatic heterocycles. The minimum Gasteiger partial charge on any atom is -0.508 e. The summed E-state index contributed by atoms with van der Waals surface area (Å²) >= 11 is 0. The number of aromatic hydroxyl groups is 1. The monoisotopic (exact) mass is 442 g/mol. The van der Waals surface area contributed by atoms with Crippen LogP contribution in [0.15, 0.2) is 48.5 Å². The van der Waals surface area contributed by atoms with Crippen LogP contribution in [0, 0.1) is 0 Å². The Morgan fingerprint density at radius 1 is 0.875 bits per heavy atom. The summed E-state index contributed by atoms with van der Waals surface area (Å²) in [7, 11) is 1.21. The van der Waals surface area contributed by atoms with E-state index in [1.807, 2.05) is 0 Å². The van der Waals surface area contributed by atoms with Gasteiger partial charge >= 0.3 is 12.1 Å². The molecule has 1 atom stereocenters. The molecule has 0 saturated heterocycles. The third kappa shape index (κ3) is 6.73. The molecule has 0 fully saturated rings. The van der Waals surface area contributed by atoms with Gasteiger partial charge in [-0.25, -0.2) is 9.59 Å². The highest BCUT2D eigenvalue weighted by atomic mass is 16.6. The minimum atomic E-state index is -1.20. The molecule has 0 spiro atoms. The lowest BCUT2D eigenvalue weighted by Crippen LogP contribution is -2.62. The smallest absolute Gasteiger partial charge is 0.408 e. The molecule has 32 heavy (non-hydrogen) atoms. The van der Waals surface area contributed by atoms with Crippen molar-refractivity contribution in [3.63, 3.8) is 0 Å². The van der Waals surface area contributed by atoms with Crippen molar-refractivity contribution in [3.8, 4) is 16.9 Å². The van der Waals surface area contributed by atoms with E-state index in [-0.39, 0.29) is 5.75 Å². The lowest BCUT2D eigenvalue weighted by molar-refractivity contribution is -0.144. The SMILES string of the molecule is COC(=O)[C@@H](NC(=O)c1ccc(-c2ccc(O)cc2)cc1)C(C)(C)NC(=O)OC(C)(C)C. The number of alkyl carbamates (subject to hydrolysis) is 1. The van der Waals surface area contributed by atoms with Crippen LogP contribution in [0.2, 0.25) is 0 Å². The summed E-state index contributed by atoms with van der Waals surface area (Å²) in [6.07, 6.45) is -0.719. The van der Waals surface area contributed by atoms with Crippen LogP contribution in [0.4, 0.5) is 4.79 Å². The Morgan fingerprint density at radius 3 is 1.84 bits per heavy atom. The van der Waals surface area contributed by atoms with Gasteiger partial charge in [0.15, 0.2) is 0 Å². The van der Waals surface area contributed by atoms with E-state index >= 15 is 0 Å². The molecular weight excluding hydrogens is 412 g/mol. The van der Waals surface area contributed by atoms with Crippen LogP contribution >= 0.6 is 0 Å². The maximum atomic E-state index is 12.8. The first-order chi connectivity index (χ1) is 14.8. The first-order valence-electron chi connectivity index (χ1n) is 10.1. The summed E-state index contributed by atoms with van der Waals surface area (Å²) in [5.41, 5.74) is 0.151. The lowest BCUT2D eigenvalue weighted by Gasteiger charge is -2.34. The molecule has 8 nitrogen and oxygen atoms in total. The number of esters is 1. The van der Waals surface area contributed by atoms with Gasteiger partial charge in [0.05, 0.1) is 12.6 Å². The minimum absolute atomic E-state index is 0.168. The average molecular weight is 443 g/mol. The number of carbonyl (C=O) groups excluding carboxylic acids is 3. The molecule has 2 amide bonds. The lowest BCUT2D eigenvalue weighted by atomic mass is 9.94. The molecule has 0 saturated carbocycles. The van der Waals surface area contributed by atoms with Crippen LogP contribution in [0.25, 0.3) is 11.1 Å². The largest absolute Gasteiger partial charge is 0.508 e. The van der Waals surface area contributed by atoms with E-state index in [0.29, 0.717) is 5.56 Å². The van der Waals surface area contributed by atoms with Gasteiger partial charge in [0, 0.05) is 5.56 Å². The van der Waals surface area contributed by atoms with Gasteiger partial charge in [-0.3, -0.25) is 4.79 Å². The first-order valence-corrected chi connectivity index (χ1v) is 10.1. The highest BCUT2D eigenvalue weighted by Gasteiger charge is 2.39. The van der Waals surface area contributed by atoms with E-state index in [1.54, 1.807) is 83.1 Å². The van der Waals surface area contributed by atoms with Crippen LogP contribution < -0.4 is 10.6 Å². The number of rotatable bonds is 6. The topological polar surface area (TPSA) is 114 Å². The Kier molecular flexibility index (Phi) is 7.51. The van der Waals surface area contributed by atoms with Crippen LogP contribution in [-0.4, -0.2) is 47.4 Å². The quantitative estimate of drug-likeness (QED) is 0.589. The summed E-state index contributed by atoms with van der Waals surface area (Å²) < 4.78 is 10.1. The van der Waals surface area contributed by atoms with Gasteiger partial charge in [-0.15, -0.1) is 0 Å². The maximum absolute atomic E-state index is 12.8. The van der Waals surface area contributed by atoms with Crippen LogP contribution in [0.1, 0.15) is 45.0 Å². The summed E-state index contributed by atoms with van der Waals surface area (Å²) in [4.78, 5) is 37.5. The van der Waals surface area contributed by atoms with Crippen molar-refractivity contribution in [1.29, 1.82) is 0 Å². The standard InChI is InChI=1S/C24H30N2O6/c1-23(2,3)32-22(30)26-24(4,5)19(21(29)31-6)25-20(28)17-9-7-15(8-10-17)16-11-13-18(27)14-12-16/h7-14,19,27H,1-6H3,(H,25,28)(H,26,30)/t19-/m1/s1. The first kappa shape index (κ1) is 24.7. The molecule has 0 aliphatic rings. The number of phenols is 1. The number of nitrogens with one attached hydrogen (secondary N) is 2. The second-order valence-electron chi connectivity index (χ2n) is 8.90. The molecule has 0 heterocycles. The molecule has 0 aliphatic carbocycles. The second kappa shape index (κ2) is 9.72. The van der Waals surface area contributed by atoms with Gasteiger partial charge in [0.1, 0.15) is 17.4 Å². The van der Waals surface area contributed by atoms with Crippen molar-refractivity contribution in [2.45, 2.75) is 51.8 Å². The van der Waals surface area contributed by atoms with E-state index in [1.165, 1.54) is 7.11 Å². The van der Waals surface area contributed by atoms with E-state index in [0.717, 1.165) is 11.1 Å². The fourth-order valence-corrected chi connectivity index (χ4v) is 2.97. The number of hydrogen-bond acceptors (Lipinski definition) is 6. The molecule has 2 rings (SSSR count).